The summed E-state index contributed by atoms with van der Waals surface area (Å²) in [7, 11) is 0. The minimum Gasteiger partial charge on any atom is -0.271 e. The highest BCUT2D eigenvalue weighted by molar-refractivity contribution is 5.72. The number of nitrogens with one attached hydrogen (secondary N) is 1. The Morgan fingerprint density at radius 1 is 1.28 bits per heavy atom. The van der Waals surface area contributed by atoms with Gasteiger partial charge in [-0.2, -0.15) is 18.3 Å². The highest BCUT2D eigenvalue weighted by Crippen LogP contribution is 2.38. The molecule has 0 amide bonds. The lowest BCUT2D eigenvalue weighted by atomic mass is 10.0. The van der Waals surface area contributed by atoms with Crippen LogP contribution in [0.25, 0.3) is 11.3 Å². The van der Waals surface area contributed by atoms with Gasteiger partial charge in [-0.25, -0.2) is 0 Å². The molecule has 18 heavy (non-hydrogen) atoms. The minimum absolute atomic E-state index is 0.257. The lowest BCUT2D eigenvalue weighted by Gasteiger charge is -2.10. The van der Waals surface area contributed by atoms with E-state index in [9.17, 15) is 23.3 Å². The quantitative estimate of drug-likeness (QED) is 0.664. The maximum atomic E-state index is 12.8. The summed E-state index contributed by atoms with van der Waals surface area (Å²) in [6.45, 7) is 0. The molecule has 0 aliphatic carbocycles. The van der Waals surface area contributed by atoms with Gasteiger partial charge >= 0.3 is 11.9 Å². The average molecular weight is 257 g/mol. The predicted octanol–water partition coefficient (Wildman–Crippen LogP) is 3.00. The number of aromatic amines is 1. The van der Waals surface area contributed by atoms with Crippen LogP contribution in [0.15, 0.2) is 30.5 Å². The fourth-order valence-corrected chi connectivity index (χ4v) is 1.56. The second-order valence-electron chi connectivity index (χ2n) is 3.43. The summed E-state index contributed by atoms with van der Waals surface area (Å²) in [4.78, 5) is 9.90. The third-order valence-corrected chi connectivity index (χ3v) is 2.32. The molecule has 0 bridgehead atoms. The molecule has 1 heterocycles. The Balaban J connectivity index is 2.65. The van der Waals surface area contributed by atoms with Crippen LogP contribution in [0.4, 0.5) is 18.9 Å². The van der Waals surface area contributed by atoms with Gasteiger partial charge in [-0.05, 0) is 6.07 Å². The Morgan fingerprint density at radius 2 is 1.94 bits per heavy atom. The van der Waals surface area contributed by atoms with Gasteiger partial charge in [0.05, 0.1) is 10.5 Å². The molecule has 1 aromatic heterocycles. The monoisotopic (exact) mass is 257 g/mol. The third-order valence-electron chi connectivity index (χ3n) is 2.32. The summed E-state index contributed by atoms with van der Waals surface area (Å²) in [6.07, 6.45) is -3.71. The SMILES string of the molecule is O=[N+]([O-])c1cn[nH]c1-c1ccccc1C(F)(F)F. The van der Waals surface area contributed by atoms with Crippen molar-refractivity contribution in [2.75, 3.05) is 0 Å². The molecular weight excluding hydrogens is 251 g/mol. The van der Waals surface area contributed by atoms with Crippen LogP contribution in [-0.2, 0) is 6.18 Å². The number of nitrogens with zero attached hydrogens (tertiary/aromatic N) is 2. The number of benzene rings is 1. The number of halogens is 3. The van der Waals surface area contributed by atoms with Crippen LogP contribution in [0, 0.1) is 10.1 Å². The fourth-order valence-electron chi connectivity index (χ4n) is 1.56. The zero-order chi connectivity index (χ0) is 13.3. The Labute approximate surface area is 98.4 Å². The van der Waals surface area contributed by atoms with Gasteiger partial charge in [0.1, 0.15) is 11.9 Å². The summed E-state index contributed by atoms with van der Waals surface area (Å²) in [5, 5.41) is 16.3. The van der Waals surface area contributed by atoms with E-state index in [0.717, 1.165) is 18.3 Å². The van der Waals surface area contributed by atoms with E-state index >= 15 is 0 Å². The van der Waals surface area contributed by atoms with E-state index in [0.29, 0.717) is 0 Å². The number of rotatable bonds is 2. The molecule has 0 unspecified atom stereocenters. The zero-order valence-electron chi connectivity index (χ0n) is 8.73. The van der Waals surface area contributed by atoms with Gasteiger partial charge in [0, 0.05) is 5.56 Å². The van der Waals surface area contributed by atoms with E-state index < -0.39 is 22.4 Å². The molecule has 0 spiro atoms. The van der Waals surface area contributed by atoms with Crippen LogP contribution < -0.4 is 0 Å². The molecule has 0 radical (unpaired) electrons. The summed E-state index contributed by atoms with van der Waals surface area (Å²) in [5.41, 5.74) is -1.99. The molecule has 1 N–H and O–H groups in total. The van der Waals surface area contributed by atoms with Gasteiger partial charge < -0.3 is 0 Å². The normalized spacial score (nSPS) is 11.5. The van der Waals surface area contributed by atoms with Crippen LogP contribution in [0.5, 0.6) is 0 Å². The van der Waals surface area contributed by atoms with Crippen molar-refractivity contribution in [1.82, 2.24) is 10.2 Å². The van der Waals surface area contributed by atoms with Crippen molar-refractivity contribution in [2.45, 2.75) is 6.18 Å². The Hall–Kier alpha value is -2.38. The molecule has 94 valence electrons. The molecule has 2 rings (SSSR count). The van der Waals surface area contributed by atoms with Crippen molar-refractivity contribution in [1.29, 1.82) is 0 Å². The van der Waals surface area contributed by atoms with E-state index in [1.54, 1.807) is 0 Å². The van der Waals surface area contributed by atoms with E-state index in [2.05, 4.69) is 10.2 Å². The molecule has 0 aliphatic heterocycles. The van der Waals surface area contributed by atoms with Crippen LogP contribution in [0.2, 0.25) is 0 Å². The number of hydrogen-bond donors (Lipinski definition) is 1. The van der Waals surface area contributed by atoms with Crippen LogP contribution in [0.1, 0.15) is 5.56 Å². The van der Waals surface area contributed by atoms with E-state index in [1.165, 1.54) is 12.1 Å². The minimum atomic E-state index is -4.59. The highest BCUT2D eigenvalue weighted by Gasteiger charge is 2.35. The van der Waals surface area contributed by atoms with Gasteiger partial charge in [0.2, 0.25) is 0 Å². The van der Waals surface area contributed by atoms with Gasteiger partial charge in [0.15, 0.2) is 0 Å². The van der Waals surface area contributed by atoms with Gasteiger partial charge in [-0.15, -0.1) is 0 Å². The first-order valence-corrected chi connectivity index (χ1v) is 4.75. The number of nitro groups is 1. The summed E-state index contributed by atoms with van der Waals surface area (Å²) in [6, 6.07) is 4.60. The number of alkyl halides is 3. The van der Waals surface area contributed by atoms with Crippen molar-refractivity contribution in [3.63, 3.8) is 0 Å². The Morgan fingerprint density at radius 3 is 2.56 bits per heavy atom. The van der Waals surface area contributed by atoms with Crippen LogP contribution in [0.3, 0.4) is 0 Å². The maximum absolute atomic E-state index is 12.8. The van der Waals surface area contributed by atoms with E-state index in [4.69, 9.17) is 0 Å². The smallest absolute Gasteiger partial charge is 0.271 e. The van der Waals surface area contributed by atoms with Crippen molar-refractivity contribution in [3.05, 3.63) is 46.1 Å². The lowest BCUT2D eigenvalue weighted by Crippen LogP contribution is -2.07. The number of hydrogen-bond acceptors (Lipinski definition) is 3. The topological polar surface area (TPSA) is 71.8 Å². The summed E-state index contributed by atoms with van der Waals surface area (Å²) < 4.78 is 38.3. The molecule has 0 aliphatic rings. The average Bonchev–Trinajstić information content (AvgIpc) is 2.76. The van der Waals surface area contributed by atoms with Crippen molar-refractivity contribution in [3.8, 4) is 11.3 Å². The standard InChI is InChI=1S/C10H6F3N3O2/c11-10(12,13)7-4-2-1-3-6(7)9-8(16(17)18)5-14-15-9/h1-5H,(H,14,15). The molecule has 0 atom stereocenters. The molecular formula is C10H6F3N3O2. The lowest BCUT2D eigenvalue weighted by molar-refractivity contribution is -0.384. The first kappa shape index (κ1) is 12.1. The van der Waals surface area contributed by atoms with Crippen LogP contribution in [-0.4, -0.2) is 15.1 Å². The fraction of sp³-hybridized carbons (Fsp3) is 0.100. The Kier molecular flexibility index (Phi) is 2.77. The molecule has 2 aromatic rings. The Bertz CT molecular complexity index is 592. The molecule has 1 aromatic carbocycles. The van der Waals surface area contributed by atoms with E-state index in [1.807, 2.05) is 0 Å². The van der Waals surface area contributed by atoms with Crippen molar-refractivity contribution in [2.24, 2.45) is 0 Å². The molecule has 0 saturated carbocycles. The number of H-pyrrole nitrogens is 1. The second-order valence-corrected chi connectivity index (χ2v) is 3.43. The van der Waals surface area contributed by atoms with Crippen molar-refractivity contribution >= 4 is 5.69 Å². The molecule has 0 saturated heterocycles. The highest BCUT2D eigenvalue weighted by atomic mass is 19.4. The van der Waals surface area contributed by atoms with Gasteiger partial charge in [0.25, 0.3) is 0 Å². The zero-order valence-corrected chi connectivity index (χ0v) is 8.73. The van der Waals surface area contributed by atoms with Gasteiger partial charge in [-0.1, -0.05) is 18.2 Å². The number of aromatic nitrogens is 2. The maximum Gasteiger partial charge on any atom is 0.417 e. The largest absolute Gasteiger partial charge is 0.417 e. The first-order valence-electron chi connectivity index (χ1n) is 4.75. The van der Waals surface area contributed by atoms with Crippen LogP contribution >= 0.6 is 0 Å². The first-order chi connectivity index (χ1) is 8.41. The molecule has 0 fully saturated rings. The molecule has 5 nitrogen and oxygen atoms in total. The second kappa shape index (κ2) is 4.13. The predicted molar refractivity (Wildman–Crippen MR) is 55.7 cm³/mol. The van der Waals surface area contributed by atoms with E-state index in [-0.39, 0.29) is 11.3 Å². The summed E-state index contributed by atoms with van der Waals surface area (Å²) in [5.74, 6) is 0. The summed E-state index contributed by atoms with van der Waals surface area (Å²) >= 11 is 0. The molecule has 8 heteroatoms. The van der Waals surface area contributed by atoms with Gasteiger partial charge in [-0.3, -0.25) is 15.2 Å². The third kappa shape index (κ3) is 2.04. The van der Waals surface area contributed by atoms with Crippen molar-refractivity contribution < 1.29 is 18.1 Å².